The fourth-order valence-corrected chi connectivity index (χ4v) is 2.23. The Hall–Kier alpha value is -2.56. The van der Waals surface area contributed by atoms with Crippen LogP contribution in [0.2, 0.25) is 0 Å². The summed E-state index contributed by atoms with van der Waals surface area (Å²) < 4.78 is 18.8. The molecule has 0 saturated heterocycles. The molecule has 22 heavy (non-hydrogen) atoms. The Morgan fingerprint density at radius 2 is 2.00 bits per heavy atom. The summed E-state index contributed by atoms with van der Waals surface area (Å²) in [6, 6.07) is 8.61. The lowest BCUT2D eigenvalue weighted by atomic mass is 9.85. The Labute approximate surface area is 128 Å². The molecular formula is C17H16FN3O. The average Bonchev–Trinajstić information content (AvgIpc) is 3.01. The van der Waals surface area contributed by atoms with E-state index in [0.29, 0.717) is 17.3 Å². The SMILES string of the molecule is Cc1cc(-c2noc(C(C)(C)c3cccnc3)n2)ccc1F. The minimum Gasteiger partial charge on any atom is -0.338 e. The van der Waals surface area contributed by atoms with Crippen molar-refractivity contribution in [1.29, 1.82) is 0 Å². The lowest BCUT2D eigenvalue weighted by molar-refractivity contribution is 0.332. The van der Waals surface area contributed by atoms with Gasteiger partial charge in [-0.3, -0.25) is 4.98 Å². The van der Waals surface area contributed by atoms with Crippen LogP contribution in [-0.2, 0) is 5.41 Å². The Kier molecular flexibility index (Phi) is 3.48. The third-order valence-corrected chi connectivity index (χ3v) is 3.76. The highest BCUT2D eigenvalue weighted by Crippen LogP contribution is 2.31. The molecule has 0 amide bonds. The van der Waals surface area contributed by atoms with Gasteiger partial charge in [-0.15, -0.1) is 0 Å². The summed E-state index contributed by atoms with van der Waals surface area (Å²) >= 11 is 0. The molecule has 0 saturated carbocycles. The first-order valence-corrected chi connectivity index (χ1v) is 6.99. The molecule has 0 aliphatic heterocycles. The summed E-state index contributed by atoms with van der Waals surface area (Å²) in [5, 5.41) is 4.02. The van der Waals surface area contributed by atoms with Crippen molar-refractivity contribution in [3.05, 3.63) is 65.6 Å². The van der Waals surface area contributed by atoms with E-state index in [1.165, 1.54) is 6.07 Å². The summed E-state index contributed by atoms with van der Waals surface area (Å²) in [4.78, 5) is 8.60. The number of aromatic nitrogens is 3. The molecule has 0 spiro atoms. The van der Waals surface area contributed by atoms with Gasteiger partial charge < -0.3 is 4.52 Å². The molecule has 4 nitrogen and oxygen atoms in total. The van der Waals surface area contributed by atoms with Crippen molar-refractivity contribution in [2.75, 3.05) is 0 Å². The predicted octanol–water partition coefficient (Wildman–Crippen LogP) is 3.91. The van der Waals surface area contributed by atoms with E-state index in [4.69, 9.17) is 4.52 Å². The van der Waals surface area contributed by atoms with Crippen molar-refractivity contribution in [2.45, 2.75) is 26.2 Å². The summed E-state index contributed by atoms with van der Waals surface area (Å²) in [5.74, 6) is 0.704. The smallest absolute Gasteiger partial charge is 0.237 e. The molecule has 0 atom stereocenters. The van der Waals surface area contributed by atoms with Crippen LogP contribution in [0.15, 0.2) is 47.2 Å². The molecule has 112 valence electrons. The molecule has 0 radical (unpaired) electrons. The fraction of sp³-hybridized carbons (Fsp3) is 0.235. The minimum absolute atomic E-state index is 0.247. The highest BCUT2D eigenvalue weighted by molar-refractivity contribution is 5.55. The fourth-order valence-electron chi connectivity index (χ4n) is 2.23. The quantitative estimate of drug-likeness (QED) is 0.735. The molecule has 2 heterocycles. The molecule has 0 aliphatic rings. The normalized spacial score (nSPS) is 11.6. The van der Waals surface area contributed by atoms with Crippen LogP contribution in [-0.4, -0.2) is 15.1 Å². The van der Waals surface area contributed by atoms with Crippen LogP contribution in [0.4, 0.5) is 4.39 Å². The summed E-state index contributed by atoms with van der Waals surface area (Å²) in [7, 11) is 0. The number of nitrogens with zero attached hydrogens (tertiary/aromatic N) is 3. The van der Waals surface area contributed by atoms with Gasteiger partial charge in [-0.1, -0.05) is 11.2 Å². The van der Waals surface area contributed by atoms with Gasteiger partial charge in [0.05, 0.1) is 5.41 Å². The number of halogens is 1. The van der Waals surface area contributed by atoms with Crippen LogP contribution < -0.4 is 0 Å². The van der Waals surface area contributed by atoms with Gasteiger partial charge in [-0.05, 0) is 56.2 Å². The van der Waals surface area contributed by atoms with Crippen LogP contribution >= 0.6 is 0 Å². The van der Waals surface area contributed by atoms with Gasteiger partial charge in [0.25, 0.3) is 0 Å². The van der Waals surface area contributed by atoms with Crippen molar-refractivity contribution >= 4 is 0 Å². The third kappa shape index (κ3) is 2.50. The molecule has 0 bridgehead atoms. The topological polar surface area (TPSA) is 51.8 Å². The van der Waals surface area contributed by atoms with E-state index in [1.54, 1.807) is 31.5 Å². The minimum atomic E-state index is -0.450. The average molecular weight is 297 g/mol. The van der Waals surface area contributed by atoms with Crippen molar-refractivity contribution in [3.63, 3.8) is 0 Å². The summed E-state index contributed by atoms with van der Waals surface area (Å²) in [6.07, 6.45) is 3.51. The molecule has 3 rings (SSSR count). The molecule has 0 unspecified atom stereocenters. The van der Waals surface area contributed by atoms with E-state index in [-0.39, 0.29) is 5.82 Å². The maximum absolute atomic E-state index is 13.4. The second kappa shape index (κ2) is 5.33. The van der Waals surface area contributed by atoms with Gasteiger partial charge in [0.2, 0.25) is 11.7 Å². The van der Waals surface area contributed by atoms with E-state index in [9.17, 15) is 4.39 Å². The highest BCUT2D eigenvalue weighted by Gasteiger charge is 2.30. The molecular weight excluding hydrogens is 281 g/mol. The first-order valence-electron chi connectivity index (χ1n) is 6.99. The number of rotatable bonds is 3. The zero-order valence-electron chi connectivity index (χ0n) is 12.7. The predicted molar refractivity (Wildman–Crippen MR) is 80.8 cm³/mol. The number of hydrogen-bond donors (Lipinski definition) is 0. The lowest BCUT2D eigenvalue weighted by Gasteiger charge is -2.19. The van der Waals surface area contributed by atoms with Crippen LogP contribution in [0.3, 0.4) is 0 Å². The first-order chi connectivity index (χ1) is 10.5. The van der Waals surface area contributed by atoms with Crippen LogP contribution in [0.5, 0.6) is 0 Å². The maximum Gasteiger partial charge on any atom is 0.237 e. The van der Waals surface area contributed by atoms with Gasteiger partial charge in [0, 0.05) is 18.0 Å². The zero-order valence-corrected chi connectivity index (χ0v) is 12.7. The van der Waals surface area contributed by atoms with Crippen molar-refractivity contribution in [3.8, 4) is 11.4 Å². The largest absolute Gasteiger partial charge is 0.338 e. The lowest BCUT2D eigenvalue weighted by Crippen LogP contribution is -2.19. The summed E-state index contributed by atoms with van der Waals surface area (Å²) in [6.45, 7) is 5.70. The zero-order chi connectivity index (χ0) is 15.7. The number of benzene rings is 1. The van der Waals surface area contributed by atoms with E-state index < -0.39 is 5.41 Å². The summed E-state index contributed by atoms with van der Waals surface area (Å²) in [5.41, 5.74) is 1.82. The monoisotopic (exact) mass is 297 g/mol. The number of pyridine rings is 1. The Balaban J connectivity index is 1.98. The molecule has 2 aromatic heterocycles. The molecule has 5 heteroatoms. The van der Waals surface area contributed by atoms with E-state index in [1.807, 2.05) is 26.0 Å². The molecule has 0 fully saturated rings. The van der Waals surface area contributed by atoms with E-state index in [2.05, 4.69) is 15.1 Å². The molecule has 0 N–H and O–H groups in total. The van der Waals surface area contributed by atoms with E-state index in [0.717, 1.165) is 11.1 Å². The van der Waals surface area contributed by atoms with Crippen LogP contribution in [0.25, 0.3) is 11.4 Å². The molecule has 1 aromatic carbocycles. The van der Waals surface area contributed by atoms with Crippen molar-refractivity contribution in [2.24, 2.45) is 0 Å². The Bertz CT molecular complexity index is 797. The molecule has 0 aliphatic carbocycles. The third-order valence-electron chi connectivity index (χ3n) is 3.76. The van der Waals surface area contributed by atoms with Crippen LogP contribution in [0, 0.1) is 12.7 Å². The standard InChI is InChI=1S/C17H16FN3O/c1-11-9-12(6-7-14(11)18)15-20-16(22-21-15)17(2,3)13-5-4-8-19-10-13/h4-10H,1-3H3. The Morgan fingerprint density at radius 3 is 2.68 bits per heavy atom. The van der Waals surface area contributed by atoms with E-state index >= 15 is 0 Å². The van der Waals surface area contributed by atoms with Gasteiger partial charge in [-0.25, -0.2) is 4.39 Å². The van der Waals surface area contributed by atoms with Crippen molar-refractivity contribution in [1.82, 2.24) is 15.1 Å². The van der Waals surface area contributed by atoms with Gasteiger partial charge in [0.1, 0.15) is 5.82 Å². The maximum atomic E-state index is 13.4. The van der Waals surface area contributed by atoms with Gasteiger partial charge in [0.15, 0.2) is 0 Å². The first kappa shape index (κ1) is 14.4. The van der Waals surface area contributed by atoms with Crippen molar-refractivity contribution < 1.29 is 8.91 Å². The Morgan fingerprint density at radius 1 is 1.18 bits per heavy atom. The number of aryl methyl sites for hydroxylation is 1. The second-order valence-electron chi connectivity index (χ2n) is 5.75. The van der Waals surface area contributed by atoms with Gasteiger partial charge in [-0.2, -0.15) is 4.98 Å². The highest BCUT2D eigenvalue weighted by atomic mass is 19.1. The molecule has 3 aromatic rings. The second-order valence-corrected chi connectivity index (χ2v) is 5.75. The van der Waals surface area contributed by atoms with Gasteiger partial charge >= 0.3 is 0 Å². The van der Waals surface area contributed by atoms with Crippen LogP contribution in [0.1, 0.15) is 30.9 Å². The number of hydrogen-bond acceptors (Lipinski definition) is 4.